The van der Waals surface area contributed by atoms with E-state index >= 15 is 0 Å². The summed E-state index contributed by atoms with van der Waals surface area (Å²) in [6.45, 7) is 0. The molecule has 1 aliphatic carbocycles. The molecule has 0 bridgehead atoms. The lowest BCUT2D eigenvalue weighted by Crippen LogP contribution is -2.29. The molecule has 3 aromatic rings. The Hall–Kier alpha value is -3.23. The molecule has 0 saturated heterocycles. The molecule has 2 aromatic heterocycles. The van der Waals surface area contributed by atoms with Gasteiger partial charge in [-0.15, -0.1) is 5.10 Å². The Morgan fingerprint density at radius 2 is 2.16 bits per heavy atom. The van der Waals surface area contributed by atoms with Crippen molar-refractivity contribution in [3.63, 3.8) is 0 Å². The van der Waals surface area contributed by atoms with E-state index < -0.39 is 5.97 Å². The molecule has 1 aliphatic rings. The SMILES string of the molecule is COC(=O)c1cnc(On2nnc3ccccc32)nc1NC1CCC1. The molecule has 25 heavy (non-hydrogen) atoms. The molecule has 1 fully saturated rings. The van der Waals surface area contributed by atoms with E-state index in [1.54, 1.807) is 0 Å². The summed E-state index contributed by atoms with van der Waals surface area (Å²) < 4.78 is 4.79. The number of rotatable bonds is 5. The maximum atomic E-state index is 11.9. The fourth-order valence-corrected chi connectivity index (χ4v) is 2.52. The smallest absolute Gasteiger partial charge is 0.347 e. The number of aromatic nitrogens is 5. The Morgan fingerprint density at radius 3 is 2.92 bits per heavy atom. The van der Waals surface area contributed by atoms with Crippen LogP contribution in [0.15, 0.2) is 30.5 Å². The van der Waals surface area contributed by atoms with Crippen LogP contribution < -0.4 is 10.2 Å². The van der Waals surface area contributed by atoms with Crippen LogP contribution in [0.1, 0.15) is 29.6 Å². The van der Waals surface area contributed by atoms with Crippen molar-refractivity contribution in [1.29, 1.82) is 0 Å². The first kappa shape index (κ1) is 15.3. The van der Waals surface area contributed by atoms with E-state index in [1.165, 1.54) is 18.2 Å². The molecule has 1 aromatic carbocycles. The number of benzene rings is 1. The normalized spacial score (nSPS) is 14.1. The van der Waals surface area contributed by atoms with Crippen molar-refractivity contribution in [3.8, 4) is 6.01 Å². The molecule has 4 rings (SSSR count). The number of ether oxygens (including phenoxy) is 1. The molecule has 9 heteroatoms. The second-order valence-electron chi connectivity index (χ2n) is 5.72. The average Bonchev–Trinajstić information content (AvgIpc) is 3.01. The van der Waals surface area contributed by atoms with Crippen molar-refractivity contribution in [2.24, 2.45) is 0 Å². The molecular formula is C16H16N6O3. The monoisotopic (exact) mass is 340 g/mol. The van der Waals surface area contributed by atoms with Crippen molar-refractivity contribution in [2.75, 3.05) is 12.4 Å². The first-order valence-electron chi connectivity index (χ1n) is 7.95. The summed E-state index contributed by atoms with van der Waals surface area (Å²) in [5.41, 5.74) is 1.66. The lowest BCUT2D eigenvalue weighted by Gasteiger charge is -2.27. The second kappa shape index (κ2) is 6.34. The number of hydrogen-bond donors (Lipinski definition) is 1. The average molecular weight is 340 g/mol. The fourth-order valence-electron chi connectivity index (χ4n) is 2.52. The van der Waals surface area contributed by atoms with Crippen molar-refractivity contribution in [3.05, 3.63) is 36.0 Å². The predicted molar refractivity (Wildman–Crippen MR) is 88.2 cm³/mol. The van der Waals surface area contributed by atoms with Crippen LogP contribution in [0, 0.1) is 0 Å². The van der Waals surface area contributed by atoms with Gasteiger partial charge in [-0.3, -0.25) is 0 Å². The Morgan fingerprint density at radius 1 is 1.32 bits per heavy atom. The number of nitrogens with one attached hydrogen (secondary N) is 1. The number of carbonyl (C=O) groups excluding carboxylic acids is 1. The lowest BCUT2D eigenvalue weighted by atomic mass is 9.93. The Bertz CT molecular complexity index is 921. The van der Waals surface area contributed by atoms with E-state index in [9.17, 15) is 4.79 Å². The number of methoxy groups -OCH3 is 1. The zero-order valence-electron chi connectivity index (χ0n) is 13.5. The maximum absolute atomic E-state index is 11.9. The minimum atomic E-state index is -0.500. The van der Waals surface area contributed by atoms with Gasteiger partial charge in [0.15, 0.2) is 0 Å². The zero-order valence-corrected chi connectivity index (χ0v) is 13.5. The van der Waals surface area contributed by atoms with E-state index in [4.69, 9.17) is 9.57 Å². The zero-order chi connectivity index (χ0) is 17.2. The number of hydrogen-bond acceptors (Lipinski definition) is 8. The largest absolute Gasteiger partial charge is 0.465 e. The van der Waals surface area contributed by atoms with Crippen molar-refractivity contribution in [1.82, 2.24) is 25.1 Å². The molecular weight excluding hydrogens is 324 g/mol. The molecule has 0 radical (unpaired) electrons. The molecule has 1 N–H and O–H groups in total. The molecule has 2 heterocycles. The van der Waals surface area contributed by atoms with Gasteiger partial charge in [-0.1, -0.05) is 17.0 Å². The van der Waals surface area contributed by atoms with Crippen LogP contribution in [0.2, 0.25) is 0 Å². The topological polar surface area (TPSA) is 104 Å². The number of nitrogens with zero attached hydrogens (tertiary/aromatic N) is 5. The number of esters is 1. The summed E-state index contributed by atoms with van der Waals surface area (Å²) in [6, 6.07) is 7.72. The van der Waals surface area contributed by atoms with Crippen molar-refractivity contribution < 1.29 is 14.4 Å². The molecule has 9 nitrogen and oxygen atoms in total. The van der Waals surface area contributed by atoms with E-state index in [0.717, 1.165) is 19.3 Å². The van der Waals surface area contributed by atoms with E-state index in [-0.39, 0.29) is 11.6 Å². The highest BCUT2D eigenvalue weighted by Gasteiger charge is 2.23. The molecule has 0 atom stereocenters. The summed E-state index contributed by atoms with van der Waals surface area (Å²) in [7, 11) is 1.32. The minimum absolute atomic E-state index is 0.0603. The van der Waals surface area contributed by atoms with Crippen LogP contribution in [0.3, 0.4) is 0 Å². The summed E-state index contributed by atoms with van der Waals surface area (Å²) in [4.78, 5) is 27.2. The molecule has 128 valence electrons. The standard InChI is InChI=1S/C16H16N6O3/c1-24-15(23)11-9-17-16(19-14(11)18-10-5-4-6-10)25-22-13-8-3-2-7-12(13)20-21-22/h2-3,7-10H,4-6H2,1H3,(H,17,18,19). The predicted octanol–water partition coefficient (Wildman–Crippen LogP) is 1.81. The Kier molecular flexibility index (Phi) is 3.88. The molecule has 0 spiro atoms. The third-order valence-electron chi connectivity index (χ3n) is 4.11. The van der Waals surface area contributed by atoms with Gasteiger partial charge in [0.05, 0.1) is 13.3 Å². The van der Waals surface area contributed by atoms with Crippen LogP contribution in [-0.4, -0.2) is 44.2 Å². The maximum Gasteiger partial charge on any atom is 0.347 e. The van der Waals surface area contributed by atoms with Crippen LogP contribution in [0.5, 0.6) is 6.01 Å². The fraction of sp³-hybridized carbons (Fsp3) is 0.312. The molecule has 1 saturated carbocycles. The molecule has 0 aliphatic heterocycles. The molecule has 0 unspecified atom stereocenters. The third-order valence-corrected chi connectivity index (χ3v) is 4.11. The summed E-state index contributed by atoms with van der Waals surface area (Å²) in [5.74, 6) is -0.106. The minimum Gasteiger partial charge on any atom is -0.465 e. The van der Waals surface area contributed by atoms with E-state index in [1.807, 2.05) is 24.3 Å². The number of carbonyl (C=O) groups is 1. The van der Waals surface area contributed by atoms with E-state index in [0.29, 0.717) is 22.9 Å². The molecule has 0 amide bonds. The van der Waals surface area contributed by atoms with Crippen LogP contribution >= 0.6 is 0 Å². The highest BCUT2D eigenvalue weighted by Crippen LogP contribution is 2.25. The second-order valence-corrected chi connectivity index (χ2v) is 5.72. The van der Waals surface area contributed by atoms with Crippen LogP contribution in [0.4, 0.5) is 5.82 Å². The van der Waals surface area contributed by atoms with Gasteiger partial charge in [0.2, 0.25) is 0 Å². The number of fused-ring (bicyclic) bond motifs is 1. The van der Waals surface area contributed by atoms with Gasteiger partial charge >= 0.3 is 12.0 Å². The van der Waals surface area contributed by atoms with Gasteiger partial charge in [-0.25, -0.2) is 9.78 Å². The lowest BCUT2D eigenvalue weighted by molar-refractivity contribution is 0.0600. The highest BCUT2D eigenvalue weighted by atomic mass is 16.7. The first-order chi connectivity index (χ1) is 12.2. The Labute approximate surface area is 142 Å². The summed E-state index contributed by atoms with van der Waals surface area (Å²) in [6.07, 6.45) is 4.61. The van der Waals surface area contributed by atoms with Gasteiger partial charge in [-0.05, 0) is 36.6 Å². The van der Waals surface area contributed by atoms with Gasteiger partial charge in [0.1, 0.15) is 22.4 Å². The third kappa shape index (κ3) is 2.95. The highest BCUT2D eigenvalue weighted by molar-refractivity contribution is 5.94. The summed E-state index contributed by atoms with van der Waals surface area (Å²) >= 11 is 0. The van der Waals surface area contributed by atoms with Gasteiger partial charge in [0.25, 0.3) is 0 Å². The number of para-hydroxylation sites is 1. The quantitative estimate of drug-likeness (QED) is 0.701. The van der Waals surface area contributed by atoms with Crippen molar-refractivity contribution >= 4 is 22.8 Å². The first-order valence-corrected chi connectivity index (χ1v) is 7.95. The van der Waals surface area contributed by atoms with Crippen molar-refractivity contribution in [2.45, 2.75) is 25.3 Å². The van der Waals surface area contributed by atoms with E-state index in [2.05, 4.69) is 25.6 Å². The van der Waals surface area contributed by atoms with Gasteiger partial charge in [-0.2, -0.15) is 4.98 Å². The van der Waals surface area contributed by atoms with Gasteiger partial charge < -0.3 is 14.9 Å². The van der Waals surface area contributed by atoms with Crippen LogP contribution in [0.25, 0.3) is 11.0 Å². The summed E-state index contributed by atoms with van der Waals surface area (Å²) in [5, 5.41) is 11.2. The Balaban J connectivity index is 1.65. The number of anilines is 1. The van der Waals surface area contributed by atoms with Crippen LogP contribution in [-0.2, 0) is 4.74 Å². The van der Waals surface area contributed by atoms with Gasteiger partial charge in [0, 0.05) is 6.04 Å².